The zero-order valence-electron chi connectivity index (χ0n) is 15.0. The number of hydrogen-bond acceptors (Lipinski definition) is 2. The number of amides is 2. The smallest absolute Gasteiger partial charge is 0.230 e. The SMILES string of the molecule is CC(C)C(=O)Nc1ccc(CNC(=O)C2(c3ccc(F)cc3)CC2)cc1. The van der Waals surface area contributed by atoms with E-state index >= 15 is 0 Å². The van der Waals surface area contributed by atoms with E-state index in [-0.39, 0.29) is 23.5 Å². The van der Waals surface area contributed by atoms with Crippen LogP contribution in [0.25, 0.3) is 0 Å². The number of rotatable bonds is 6. The highest BCUT2D eigenvalue weighted by Gasteiger charge is 2.51. The van der Waals surface area contributed by atoms with Crippen LogP contribution in [0.3, 0.4) is 0 Å². The Morgan fingerprint density at radius 1 is 1.04 bits per heavy atom. The zero-order chi connectivity index (χ0) is 18.7. The topological polar surface area (TPSA) is 58.2 Å². The third kappa shape index (κ3) is 3.93. The van der Waals surface area contributed by atoms with Crippen LogP contribution in [0, 0.1) is 11.7 Å². The molecule has 0 spiro atoms. The molecule has 0 unspecified atom stereocenters. The predicted molar refractivity (Wildman–Crippen MR) is 99.1 cm³/mol. The van der Waals surface area contributed by atoms with Crippen LogP contribution in [-0.2, 0) is 21.5 Å². The largest absolute Gasteiger partial charge is 0.351 e. The highest BCUT2D eigenvalue weighted by Crippen LogP contribution is 2.48. The first-order valence-electron chi connectivity index (χ1n) is 8.85. The molecule has 5 heteroatoms. The molecule has 0 saturated heterocycles. The molecule has 1 saturated carbocycles. The van der Waals surface area contributed by atoms with Crippen LogP contribution >= 0.6 is 0 Å². The molecule has 2 aromatic carbocycles. The lowest BCUT2D eigenvalue weighted by atomic mass is 9.95. The van der Waals surface area contributed by atoms with E-state index in [4.69, 9.17) is 0 Å². The van der Waals surface area contributed by atoms with Crippen molar-refractivity contribution in [1.82, 2.24) is 5.32 Å². The van der Waals surface area contributed by atoms with Gasteiger partial charge in [0.15, 0.2) is 0 Å². The van der Waals surface area contributed by atoms with E-state index in [1.54, 1.807) is 12.1 Å². The van der Waals surface area contributed by atoms with Crippen LogP contribution in [0.1, 0.15) is 37.8 Å². The summed E-state index contributed by atoms with van der Waals surface area (Å²) in [5.41, 5.74) is 2.04. The Morgan fingerprint density at radius 3 is 2.19 bits per heavy atom. The third-order valence-corrected chi connectivity index (χ3v) is 4.78. The number of anilines is 1. The monoisotopic (exact) mass is 354 g/mol. The van der Waals surface area contributed by atoms with Gasteiger partial charge in [-0.3, -0.25) is 9.59 Å². The van der Waals surface area contributed by atoms with Crippen molar-refractivity contribution in [2.45, 2.75) is 38.6 Å². The maximum Gasteiger partial charge on any atom is 0.230 e. The summed E-state index contributed by atoms with van der Waals surface area (Å²) >= 11 is 0. The second kappa shape index (κ2) is 7.28. The molecule has 1 fully saturated rings. The predicted octanol–water partition coefficient (Wildman–Crippen LogP) is 3.77. The first-order valence-corrected chi connectivity index (χ1v) is 8.85. The van der Waals surface area contributed by atoms with Crippen LogP contribution in [-0.4, -0.2) is 11.8 Å². The Hall–Kier alpha value is -2.69. The molecule has 2 amide bonds. The maximum atomic E-state index is 13.1. The number of benzene rings is 2. The molecule has 0 heterocycles. The van der Waals surface area contributed by atoms with Gasteiger partial charge in [0.2, 0.25) is 11.8 Å². The van der Waals surface area contributed by atoms with Gasteiger partial charge in [0.25, 0.3) is 0 Å². The molecule has 1 aliphatic rings. The first-order chi connectivity index (χ1) is 12.4. The number of carbonyl (C=O) groups is 2. The van der Waals surface area contributed by atoms with E-state index in [1.807, 2.05) is 38.1 Å². The maximum absolute atomic E-state index is 13.1. The van der Waals surface area contributed by atoms with Crippen LogP contribution in [0.5, 0.6) is 0 Å². The van der Waals surface area contributed by atoms with Crippen molar-refractivity contribution in [2.24, 2.45) is 5.92 Å². The lowest BCUT2D eigenvalue weighted by Gasteiger charge is -2.16. The highest BCUT2D eigenvalue weighted by atomic mass is 19.1. The molecule has 4 nitrogen and oxygen atoms in total. The van der Waals surface area contributed by atoms with Crippen molar-refractivity contribution >= 4 is 17.5 Å². The van der Waals surface area contributed by atoms with Crippen molar-refractivity contribution in [2.75, 3.05) is 5.32 Å². The van der Waals surface area contributed by atoms with Gasteiger partial charge in [-0.15, -0.1) is 0 Å². The minimum absolute atomic E-state index is 0.0266. The van der Waals surface area contributed by atoms with Gasteiger partial charge in [0.1, 0.15) is 5.82 Å². The van der Waals surface area contributed by atoms with Gasteiger partial charge >= 0.3 is 0 Å². The van der Waals surface area contributed by atoms with E-state index < -0.39 is 5.41 Å². The molecular weight excluding hydrogens is 331 g/mol. The van der Waals surface area contributed by atoms with Gasteiger partial charge in [-0.05, 0) is 48.2 Å². The molecule has 0 aromatic heterocycles. The molecule has 136 valence electrons. The Bertz CT molecular complexity index is 794. The normalized spacial score (nSPS) is 14.8. The molecule has 3 rings (SSSR count). The van der Waals surface area contributed by atoms with Crippen LogP contribution < -0.4 is 10.6 Å². The summed E-state index contributed by atoms with van der Waals surface area (Å²) in [4.78, 5) is 24.3. The number of hydrogen-bond donors (Lipinski definition) is 2. The molecule has 26 heavy (non-hydrogen) atoms. The minimum Gasteiger partial charge on any atom is -0.351 e. The Balaban J connectivity index is 1.58. The Morgan fingerprint density at radius 2 is 1.65 bits per heavy atom. The van der Waals surface area contributed by atoms with Crippen molar-refractivity contribution in [3.63, 3.8) is 0 Å². The Labute approximate surface area is 152 Å². The minimum atomic E-state index is -0.515. The average Bonchev–Trinajstić information content (AvgIpc) is 3.43. The fourth-order valence-corrected chi connectivity index (χ4v) is 2.88. The quantitative estimate of drug-likeness (QED) is 0.830. The van der Waals surface area contributed by atoms with E-state index in [0.29, 0.717) is 6.54 Å². The number of halogens is 1. The van der Waals surface area contributed by atoms with Gasteiger partial charge in [-0.2, -0.15) is 0 Å². The molecule has 0 atom stereocenters. The molecular formula is C21H23FN2O2. The lowest BCUT2D eigenvalue weighted by molar-refractivity contribution is -0.123. The molecule has 0 aliphatic heterocycles. The third-order valence-electron chi connectivity index (χ3n) is 4.78. The second-order valence-electron chi connectivity index (χ2n) is 7.11. The molecule has 0 bridgehead atoms. The van der Waals surface area contributed by atoms with Crippen LogP contribution in [0.2, 0.25) is 0 Å². The summed E-state index contributed by atoms with van der Waals surface area (Å²) in [5.74, 6) is -0.424. The van der Waals surface area contributed by atoms with Gasteiger partial charge in [0.05, 0.1) is 5.41 Å². The van der Waals surface area contributed by atoms with Crippen molar-refractivity contribution in [3.8, 4) is 0 Å². The van der Waals surface area contributed by atoms with Crippen LogP contribution in [0.4, 0.5) is 10.1 Å². The van der Waals surface area contributed by atoms with Crippen molar-refractivity contribution < 1.29 is 14.0 Å². The van der Waals surface area contributed by atoms with Crippen molar-refractivity contribution in [3.05, 3.63) is 65.5 Å². The summed E-state index contributed by atoms with van der Waals surface area (Å²) in [6.07, 6.45) is 1.56. The summed E-state index contributed by atoms with van der Waals surface area (Å²) in [7, 11) is 0. The van der Waals surface area contributed by atoms with E-state index in [0.717, 1.165) is 29.7 Å². The number of carbonyl (C=O) groups excluding carboxylic acids is 2. The van der Waals surface area contributed by atoms with Gasteiger partial charge < -0.3 is 10.6 Å². The van der Waals surface area contributed by atoms with Gasteiger partial charge in [-0.25, -0.2) is 4.39 Å². The van der Waals surface area contributed by atoms with Gasteiger partial charge in [0, 0.05) is 18.2 Å². The molecule has 0 radical (unpaired) electrons. The standard InChI is InChI=1S/C21H23FN2O2/c1-14(2)19(25)24-18-9-3-15(4-10-18)13-23-20(26)21(11-12-21)16-5-7-17(22)8-6-16/h3-10,14H,11-13H2,1-2H3,(H,23,26)(H,24,25). The summed E-state index contributed by atoms with van der Waals surface area (Å²) in [5, 5.41) is 5.81. The Kier molecular flexibility index (Phi) is 5.07. The summed E-state index contributed by atoms with van der Waals surface area (Å²) in [6, 6.07) is 13.6. The molecule has 1 aliphatic carbocycles. The fraction of sp³-hybridized carbons (Fsp3) is 0.333. The van der Waals surface area contributed by atoms with E-state index in [2.05, 4.69) is 10.6 Å². The van der Waals surface area contributed by atoms with Gasteiger partial charge in [-0.1, -0.05) is 38.1 Å². The summed E-state index contributed by atoms with van der Waals surface area (Å²) < 4.78 is 13.1. The van der Waals surface area contributed by atoms with Crippen molar-refractivity contribution in [1.29, 1.82) is 0 Å². The van der Waals surface area contributed by atoms with E-state index in [9.17, 15) is 14.0 Å². The highest BCUT2D eigenvalue weighted by molar-refractivity contribution is 5.92. The fourth-order valence-electron chi connectivity index (χ4n) is 2.88. The zero-order valence-corrected chi connectivity index (χ0v) is 15.0. The second-order valence-corrected chi connectivity index (χ2v) is 7.11. The summed E-state index contributed by atoms with van der Waals surface area (Å²) in [6.45, 7) is 4.10. The molecule has 2 N–H and O–H groups in total. The number of nitrogens with one attached hydrogen (secondary N) is 2. The average molecular weight is 354 g/mol. The first kappa shape index (κ1) is 18.1. The van der Waals surface area contributed by atoms with E-state index in [1.165, 1.54) is 12.1 Å². The lowest BCUT2D eigenvalue weighted by Crippen LogP contribution is -2.34. The van der Waals surface area contributed by atoms with Crippen LogP contribution in [0.15, 0.2) is 48.5 Å². The molecule has 2 aromatic rings.